The molecule has 2 amide bonds. The minimum Gasteiger partial charge on any atom is -0.497 e. The summed E-state index contributed by atoms with van der Waals surface area (Å²) in [5, 5.41) is 15.4. The van der Waals surface area contributed by atoms with Crippen molar-refractivity contribution in [1.29, 1.82) is 5.26 Å². The van der Waals surface area contributed by atoms with E-state index in [1.807, 2.05) is 82.3 Å². The molecule has 3 aromatic heterocycles. The van der Waals surface area contributed by atoms with Crippen LogP contribution in [-0.4, -0.2) is 128 Å². The van der Waals surface area contributed by atoms with Crippen LogP contribution in [-0.2, 0) is 38.7 Å². The largest absolute Gasteiger partial charge is 0.497 e. The maximum atomic E-state index is 18.0. The average molecular weight is 1120 g/mol. The van der Waals surface area contributed by atoms with Crippen LogP contribution >= 0.6 is 7.29 Å². The summed E-state index contributed by atoms with van der Waals surface area (Å²) < 4.78 is 75.1. The van der Waals surface area contributed by atoms with Crippen LogP contribution < -0.4 is 36.9 Å². The van der Waals surface area contributed by atoms with E-state index in [2.05, 4.69) is 36.6 Å². The number of carbonyl (C=O) groups excluding carboxylic acids is 2. The molecule has 426 valence electrons. The molecule has 2 aliphatic heterocycles. The van der Waals surface area contributed by atoms with Crippen molar-refractivity contribution in [2.75, 3.05) is 46.3 Å². The Morgan fingerprint density at radius 3 is 2.02 bits per heavy atom. The Hall–Kier alpha value is -7.32. The second-order valence-corrected chi connectivity index (χ2v) is 24.5. The van der Waals surface area contributed by atoms with Crippen molar-refractivity contribution in [3.05, 3.63) is 145 Å². The van der Waals surface area contributed by atoms with Gasteiger partial charge in [-0.05, 0) is 41.0 Å². The van der Waals surface area contributed by atoms with E-state index in [9.17, 15) is 29.2 Å². The van der Waals surface area contributed by atoms with Gasteiger partial charge in [-0.1, -0.05) is 96.1 Å². The number of nitrogens with one attached hydrogen (secondary N) is 4. The number of ether oxygens (including phenoxy) is 6. The van der Waals surface area contributed by atoms with Crippen molar-refractivity contribution in [1.82, 2.24) is 39.1 Å². The number of aromatic nitrogens is 6. The lowest BCUT2D eigenvalue weighted by molar-refractivity contribution is -0.125. The Bertz CT molecular complexity index is 3340. The lowest BCUT2D eigenvalue weighted by atomic mass is 9.80. The van der Waals surface area contributed by atoms with Gasteiger partial charge in [0.2, 0.25) is 17.8 Å². The molecule has 22 nitrogen and oxygen atoms in total. The summed E-state index contributed by atoms with van der Waals surface area (Å²) in [5.74, 6) is -1.86. The van der Waals surface area contributed by atoms with Crippen molar-refractivity contribution in [2.24, 2.45) is 11.8 Å². The summed E-state index contributed by atoms with van der Waals surface area (Å²) in [6.45, 7) is 10.0. The highest BCUT2D eigenvalue weighted by Gasteiger charge is 2.55. The van der Waals surface area contributed by atoms with Crippen LogP contribution in [0.3, 0.4) is 0 Å². The topological polar surface area (TPSA) is 276 Å². The van der Waals surface area contributed by atoms with Gasteiger partial charge in [-0.3, -0.25) is 43.6 Å². The highest BCUT2D eigenvalue weighted by atomic mass is 31.2. The SMILES string of the molecule is COc1ccc(C(OC[C@H]2O[C@@H](n3cnc4c(=O)[nH]c(NC(=O)C(C)C)nc43)[C@H](F)[C@@H]2CC(=O)NC[C@H]2O[C@@H](n3ccc(=O)[nH]c3=O)[C@H](OC)[C@@H]2N(CCC#N)P(=O)(C(C)C)C(C)C)(c2ccccc2)c2ccc(OC)cc2)cc1. The van der Waals surface area contributed by atoms with Crippen molar-refractivity contribution in [3.8, 4) is 17.6 Å². The van der Waals surface area contributed by atoms with E-state index < -0.39 is 114 Å². The molecule has 6 aromatic rings. The number of fused-ring (bicyclic) bond motifs is 1. The number of methoxy groups -OCH3 is 3. The first-order valence-corrected chi connectivity index (χ1v) is 28.2. The Morgan fingerprint density at radius 2 is 1.46 bits per heavy atom. The van der Waals surface area contributed by atoms with Crippen LogP contribution in [0.15, 0.2) is 112 Å². The van der Waals surface area contributed by atoms with Crippen molar-refractivity contribution in [2.45, 2.75) is 114 Å². The first-order chi connectivity index (χ1) is 38.3. The second-order valence-electron chi connectivity index (χ2n) is 20.6. The molecule has 0 aliphatic carbocycles. The number of imidazole rings is 1. The van der Waals surface area contributed by atoms with Crippen molar-refractivity contribution < 1.29 is 47.0 Å². The normalized spacial score (nSPS) is 21.4. The predicted molar refractivity (Wildman–Crippen MR) is 294 cm³/mol. The molecule has 0 bridgehead atoms. The smallest absolute Gasteiger partial charge is 0.330 e. The van der Waals surface area contributed by atoms with Gasteiger partial charge >= 0.3 is 5.69 Å². The molecule has 80 heavy (non-hydrogen) atoms. The number of rotatable bonds is 23. The van der Waals surface area contributed by atoms with Gasteiger partial charge < -0.3 is 38.3 Å². The predicted octanol–water partition coefficient (Wildman–Crippen LogP) is 6.24. The van der Waals surface area contributed by atoms with E-state index in [1.54, 1.807) is 57.0 Å². The van der Waals surface area contributed by atoms with Gasteiger partial charge in [-0.25, -0.2) is 18.8 Å². The van der Waals surface area contributed by atoms with Gasteiger partial charge in [-0.2, -0.15) is 10.2 Å². The third kappa shape index (κ3) is 11.6. The Balaban J connectivity index is 1.19. The van der Waals surface area contributed by atoms with Crippen LogP contribution in [0.4, 0.5) is 10.3 Å². The zero-order chi connectivity index (χ0) is 57.6. The number of alkyl halides is 1. The molecule has 24 heteroatoms. The second kappa shape index (κ2) is 25.0. The Kier molecular flexibility index (Phi) is 18.4. The van der Waals surface area contributed by atoms with Crippen molar-refractivity contribution >= 4 is 36.2 Å². The van der Waals surface area contributed by atoms with Gasteiger partial charge in [0.1, 0.15) is 23.2 Å². The van der Waals surface area contributed by atoms with Gasteiger partial charge in [-0.15, -0.1) is 0 Å². The number of nitrogens with zero attached hydrogens (tertiary/aromatic N) is 6. The molecule has 2 saturated heterocycles. The number of carbonyl (C=O) groups is 2. The number of aromatic amines is 2. The maximum Gasteiger partial charge on any atom is 0.330 e. The Labute approximate surface area is 461 Å². The van der Waals surface area contributed by atoms with E-state index in [1.165, 1.54) is 24.2 Å². The Morgan fingerprint density at radius 1 is 0.850 bits per heavy atom. The molecule has 4 N–H and O–H groups in total. The lowest BCUT2D eigenvalue weighted by Gasteiger charge is -2.43. The summed E-state index contributed by atoms with van der Waals surface area (Å²) in [4.78, 5) is 79.9. The highest BCUT2D eigenvalue weighted by Crippen LogP contribution is 2.61. The van der Waals surface area contributed by atoms with Gasteiger partial charge in [0, 0.05) is 68.5 Å². The first kappa shape index (κ1) is 58.8. The number of hydrogen-bond donors (Lipinski definition) is 4. The molecule has 8 rings (SSSR count). The maximum absolute atomic E-state index is 18.0. The number of hydrogen-bond acceptors (Lipinski definition) is 15. The number of anilines is 1. The summed E-state index contributed by atoms with van der Waals surface area (Å²) in [5.41, 5.74) is -2.62. The molecular weight excluding hydrogens is 1050 g/mol. The standard InChI is InChI=1S/C56H68FN10O12P/c1-32(2)50(70)63-54-62-49-46(51(71)64-54)60-31-66(49)52-45(57)40(42(79-52)30-77-56(35-14-11-10-12-15-35,36-16-20-38(74-7)21-17-36)37-18-22-39(75-8)23-19-37)28-44(69)59-29-41-47(67(26-13-25-58)80(73,33(3)4)34(5)6)48(76-9)53(78-41)65-27-24-43(68)61-55(65)72/h10-12,14-24,27,31-34,40-42,45,47-48,52-53H,13,26,28-30H2,1-9H3,(H,59,69)(H,61,68,72)(H2,62,63,64,70,71)/t40-,41-,42-,45-,47-,48-,52-,53-/m1/s1. The van der Waals surface area contributed by atoms with E-state index in [4.69, 9.17) is 28.4 Å². The van der Waals surface area contributed by atoms with Crippen LogP contribution in [0.5, 0.6) is 11.5 Å². The van der Waals surface area contributed by atoms with Crippen LogP contribution in [0.25, 0.3) is 11.2 Å². The highest BCUT2D eigenvalue weighted by molar-refractivity contribution is 7.62. The molecule has 0 saturated carbocycles. The third-order valence-corrected chi connectivity index (χ3v) is 19.1. The first-order valence-electron chi connectivity index (χ1n) is 26.4. The molecule has 0 spiro atoms. The molecule has 2 aliphatic rings. The summed E-state index contributed by atoms with van der Waals surface area (Å²) in [7, 11) is 1.10. The van der Waals surface area contributed by atoms with E-state index in [0.717, 1.165) is 10.6 Å². The van der Waals surface area contributed by atoms with E-state index in [0.29, 0.717) is 28.2 Å². The fourth-order valence-electron chi connectivity index (χ4n) is 10.8. The fourth-order valence-corrected chi connectivity index (χ4v) is 14.3. The van der Waals surface area contributed by atoms with Crippen LogP contribution in [0, 0.1) is 23.2 Å². The molecule has 5 heterocycles. The quantitative estimate of drug-likeness (QED) is 0.0408. The monoisotopic (exact) mass is 1120 g/mol. The zero-order valence-corrected chi connectivity index (χ0v) is 46.9. The number of benzene rings is 3. The molecular formula is C56H68FN10O12P. The number of halogens is 1. The average Bonchev–Trinajstić information content (AvgIpc) is 4.14. The fraction of sp³-hybridized carbons (Fsp3) is 0.464. The number of amides is 2. The van der Waals surface area contributed by atoms with Gasteiger partial charge in [0.15, 0.2) is 37.1 Å². The molecule has 0 radical (unpaired) electrons. The van der Waals surface area contributed by atoms with Crippen LogP contribution in [0.2, 0.25) is 0 Å². The molecule has 2 fully saturated rings. The minimum atomic E-state index is -3.41. The van der Waals surface area contributed by atoms with E-state index in [-0.39, 0.29) is 43.2 Å². The molecule has 3 aromatic carbocycles. The third-order valence-electron chi connectivity index (χ3n) is 14.9. The molecule has 0 unspecified atom stereocenters. The summed E-state index contributed by atoms with van der Waals surface area (Å²) >= 11 is 0. The zero-order valence-electron chi connectivity index (χ0n) is 46.0. The number of H-pyrrole nitrogens is 2. The summed E-state index contributed by atoms with van der Waals surface area (Å²) in [6.07, 6.45) is -6.11. The summed E-state index contributed by atoms with van der Waals surface area (Å²) in [6, 6.07) is 26.4. The lowest BCUT2D eigenvalue weighted by Crippen LogP contribution is -2.52. The van der Waals surface area contributed by atoms with Crippen LogP contribution in [0.1, 0.15) is 83.5 Å². The van der Waals surface area contributed by atoms with Gasteiger partial charge in [0.25, 0.3) is 11.1 Å². The molecule has 8 atom stereocenters. The van der Waals surface area contributed by atoms with E-state index >= 15 is 8.96 Å². The minimum absolute atomic E-state index is 0.0223. The van der Waals surface area contributed by atoms with Crippen molar-refractivity contribution in [3.63, 3.8) is 0 Å². The number of nitriles is 1. The van der Waals surface area contributed by atoms with Gasteiger partial charge in [0.05, 0.1) is 51.5 Å².